The Morgan fingerprint density at radius 1 is 1.24 bits per heavy atom. The van der Waals surface area contributed by atoms with Crippen molar-refractivity contribution in [3.63, 3.8) is 0 Å². The fourth-order valence-electron chi connectivity index (χ4n) is 2.53. The number of carbonyl (C=O) groups is 4. The molecular formula is C17H19N3O5. The highest BCUT2D eigenvalue weighted by atomic mass is 16.5. The van der Waals surface area contributed by atoms with Gasteiger partial charge in [-0.3, -0.25) is 19.3 Å². The highest BCUT2D eigenvalue weighted by Gasteiger charge is 2.37. The molecule has 2 aliphatic rings. The minimum Gasteiger partial charge on any atom is -0.446 e. The van der Waals surface area contributed by atoms with Gasteiger partial charge in [-0.25, -0.2) is 4.79 Å². The number of imide groups is 1. The molecule has 2 fully saturated rings. The van der Waals surface area contributed by atoms with Gasteiger partial charge in [0.2, 0.25) is 6.10 Å². The summed E-state index contributed by atoms with van der Waals surface area (Å²) in [6.07, 6.45) is 0.703. The van der Waals surface area contributed by atoms with E-state index < -0.39 is 36.5 Å². The first-order valence-electron chi connectivity index (χ1n) is 8.06. The molecule has 1 heterocycles. The van der Waals surface area contributed by atoms with Gasteiger partial charge in [-0.05, 0) is 12.8 Å². The standard InChI is InChI=1S/C17H19N3O5/c1-19-9-13(21)20(17(19)24)10-14(22)25-15(11-5-3-2-4-6-11)16(23)18-12-7-8-12/h2-6,12,15H,7-10H2,1H3,(H,18,23)/t15-/m0/s1. The molecule has 0 aromatic heterocycles. The highest BCUT2D eigenvalue weighted by Crippen LogP contribution is 2.23. The van der Waals surface area contributed by atoms with Gasteiger partial charge in [-0.2, -0.15) is 0 Å². The molecule has 0 radical (unpaired) electrons. The summed E-state index contributed by atoms with van der Waals surface area (Å²) in [5, 5.41) is 2.80. The van der Waals surface area contributed by atoms with Crippen LogP contribution in [0.4, 0.5) is 4.79 Å². The van der Waals surface area contributed by atoms with E-state index in [1.54, 1.807) is 30.3 Å². The number of nitrogens with one attached hydrogen (secondary N) is 1. The number of urea groups is 1. The Hall–Kier alpha value is -2.90. The largest absolute Gasteiger partial charge is 0.446 e. The molecule has 25 heavy (non-hydrogen) atoms. The first kappa shape index (κ1) is 16.9. The molecule has 1 aromatic rings. The van der Waals surface area contributed by atoms with Gasteiger partial charge < -0.3 is 15.0 Å². The Labute approximate surface area is 144 Å². The molecule has 8 heteroatoms. The molecule has 1 saturated carbocycles. The Balaban J connectivity index is 1.69. The van der Waals surface area contributed by atoms with Gasteiger partial charge in [0.05, 0.1) is 0 Å². The van der Waals surface area contributed by atoms with E-state index in [2.05, 4.69) is 5.32 Å². The number of hydrogen-bond donors (Lipinski definition) is 1. The van der Waals surface area contributed by atoms with Crippen LogP contribution < -0.4 is 5.32 Å². The molecule has 0 unspecified atom stereocenters. The second-order valence-electron chi connectivity index (χ2n) is 6.18. The first-order chi connectivity index (χ1) is 12.0. The van der Waals surface area contributed by atoms with E-state index in [4.69, 9.17) is 4.74 Å². The number of benzene rings is 1. The second-order valence-corrected chi connectivity index (χ2v) is 6.18. The molecule has 1 atom stereocenters. The van der Waals surface area contributed by atoms with Crippen molar-refractivity contribution in [3.8, 4) is 0 Å². The Bertz CT molecular complexity index is 701. The number of likely N-dealkylation sites (N-methyl/N-ethyl adjacent to an activating group) is 1. The van der Waals surface area contributed by atoms with Crippen LogP contribution in [0.3, 0.4) is 0 Å². The van der Waals surface area contributed by atoms with Gasteiger partial charge in [0.1, 0.15) is 13.1 Å². The maximum Gasteiger partial charge on any atom is 0.327 e. The lowest BCUT2D eigenvalue weighted by atomic mass is 10.1. The molecule has 0 spiro atoms. The topological polar surface area (TPSA) is 96.0 Å². The van der Waals surface area contributed by atoms with Gasteiger partial charge in [-0.15, -0.1) is 0 Å². The zero-order valence-electron chi connectivity index (χ0n) is 13.8. The molecule has 1 aliphatic heterocycles. The molecule has 1 aromatic carbocycles. The average Bonchev–Trinajstić information content (AvgIpc) is 3.37. The van der Waals surface area contributed by atoms with Crippen LogP contribution in [0.1, 0.15) is 24.5 Å². The van der Waals surface area contributed by atoms with Gasteiger partial charge in [0, 0.05) is 18.7 Å². The minimum atomic E-state index is -1.11. The summed E-state index contributed by atoms with van der Waals surface area (Å²) in [5.74, 6) is -1.68. The van der Waals surface area contributed by atoms with Crippen molar-refractivity contribution in [1.82, 2.24) is 15.1 Å². The van der Waals surface area contributed by atoms with Crippen molar-refractivity contribution >= 4 is 23.8 Å². The number of esters is 1. The van der Waals surface area contributed by atoms with Crippen LogP contribution >= 0.6 is 0 Å². The van der Waals surface area contributed by atoms with Crippen molar-refractivity contribution in [2.24, 2.45) is 0 Å². The van der Waals surface area contributed by atoms with E-state index in [1.165, 1.54) is 11.9 Å². The van der Waals surface area contributed by atoms with Crippen LogP contribution in [-0.4, -0.2) is 59.8 Å². The lowest BCUT2D eigenvalue weighted by molar-refractivity contribution is -0.158. The van der Waals surface area contributed by atoms with Crippen LogP contribution in [0.2, 0.25) is 0 Å². The van der Waals surface area contributed by atoms with E-state index in [9.17, 15) is 19.2 Å². The molecule has 1 aliphatic carbocycles. The average molecular weight is 345 g/mol. The number of amides is 4. The number of carbonyl (C=O) groups excluding carboxylic acids is 4. The lowest BCUT2D eigenvalue weighted by Gasteiger charge is -2.19. The van der Waals surface area contributed by atoms with Crippen LogP contribution in [0.15, 0.2) is 30.3 Å². The first-order valence-corrected chi connectivity index (χ1v) is 8.06. The lowest BCUT2D eigenvalue weighted by Crippen LogP contribution is -2.39. The molecule has 1 N–H and O–H groups in total. The Morgan fingerprint density at radius 3 is 2.48 bits per heavy atom. The normalized spacial score (nSPS) is 18.3. The third-order valence-electron chi connectivity index (χ3n) is 4.03. The summed E-state index contributed by atoms with van der Waals surface area (Å²) >= 11 is 0. The second kappa shape index (κ2) is 6.92. The summed E-state index contributed by atoms with van der Waals surface area (Å²) in [6, 6.07) is 8.20. The number of nitrogens with zero attached hydrogens (tertiary/aromatic N) is 2. The Morgan fingerprint density at radius 2 is 1.92 bits per heavy atom. The molecule has 1 saturated heterocycles. The van der Waals surface area contributed by atoms with E-state index in [0.717, 1.165) is 17.7 Å². The number of ether oxygens (including phenoxy) is 1. The van der Waals surface area contributed by atoms with Gasteiger partial charge in [0.25, 0.3) is 11.8 Å². The number of rotatable bonds is 6. The molecule has 3 rings (SSSR count). The van der Waals surface area contributed by atoms with Crippen molar-refractivity contribution in [3.05, 3.63) is 35.9 Å². The maximum atomic E-state index is 12.4. The van der Waals surface area contributed by atoms with Crippen LogP contribution in [0.5, 0.6) is 0 Å². The SMILES string of the molecule is CN1CC(=O)N(CC(=O)O[C@H](C(=O)NC2CC2)c2ccccc2)C1=O. The Kier molecular flexibility index (Phi) is 4.69. The smallest absolute Gasteiger partial charge is 0.327 e. The van der Waals surface area contributed by atoms with Crippen molar-refractivity contribution in [2.75, 3.05) is 20.1 Å². The molecule has 0 bridgehead atoms. The monoisotopic (exact) mass is 345 g/mol. The summed E-state index contributed by atoms with van der Waals surface area (Å²) in [7, 11) is 1.47. The third kappa shape index (κ3) is 3.96. The summed E-state index contributed by atoms with van der Waals surface area (Å²) < 4.78 is 5.31. The van der Waals surface area contributed by atoms with Crippen molar-refractivity contribution in [1.29, 1.82) is 0 Å². The highest BCUT2D eigenvalue weighted by molar-refractivity contribution is 6.04. The fraction of sp³-hybridized carbons (Fsp3) is 0.412. The molecule has 8 nitrogen and oxygen atoms in total. The maximum absolute atomic E-state index is 12.4. The minimum absolute atomic E-state index is 0.0730. The molecule has 4 amide bonds. The molecular weight excluding hydrogens is 326 g/mol. The van der Waals surface area contributed by atoms with E-state index in [-0.39, 0.29) is 12.6 Å². The van der Waals surface area contributed by atoms with Gasteiger partial charge >= 0.3 is 12.0 Å². The zero-order valence-corrected chi connectivity index (χ0v) is 13.8. The predicted octanol–water partition coefficient (Wildman–Crippen LogP) is 0.444. The van der Waals surface area contributed by atoms with Crippen LogP contribution in [0.25, 0.3) is 0 Å². The fourth-order valence-corrected chi connectivity index (χ4v) is 2.53. The van der Waals surface area contributed by atoms with Crippen molar-refractivity contribution < 1.29 is 23.9 Å². The van der Waals surface area contributed by atoms with E-state index in [0.29, 0.717) is 5.56 Å². The summed E-state index contributed by atoms with van der Waals surface area (Å²) in [5.41, 5.74) is 0.533. The van der Waals surface area contributed by atoms with Gasteiger partial charge in [0.15, 0.2) is 0 Å². The van der Waals surface area contributed by atoms with E-state index in [1.807, 2.05) is 0 Å². The zero-order chi connectivity index (χ0) is 18.0. The summed E-state index contributed by atoms with van der Waals surface area (Å²) in [6.45, 7) is -0.585. The predicted molar refractivity (Wildman–Crippen MR) is 86.2 cm³/mol. The number of hydrogen-bond acceptors (Lipinski definition) is 5. The quantitative estimate of drug-likeness (QED) is 0.596. The van der Waals surface area contributed by atoms with Crippen molar-refractivity contribution in [2.45, 2.75) is 25.0 Å². The molecule has 132 valence electrons. The van der Waals surface area contributed by atoms with Crippen LogP contribution in [-0.2, 0) is 19.1 Å². The summed E-state index contributed by atoms with van der Waals surface area (Å²) in [4.78, 5) is 50.2. The third-order valence-corrected chi connectivity index (χ3v) is 4.03. The van der Waals surface area contributed by atoms with E-state index >= 15 is 0 Å². The van der Waals surface area contributed by atoms with Gasteiger partial charge in [-0.1, -0.05) is 30.3 Å². The van der Waals surface area contributed by atoms with Crippen LogP contribution in [0, 0.1) is 0 Å².